The smallest absolute Gasteiger partial charge is 0.276 e. The topological polar surface area (TPSA) is 104 Å². The Balaban J connectivity index is 1.44. The van der Waals surface area contributed by atoms with Crippen LogP contribution in [0.2, 0.25) is 0 Å². The quantitative estimate of drug-likeness (QED) is 0.738. The Morgan fingerprint density at radius 3 is 2.54 bits per heavy atom. The lowest BCUT2D eigenvalue weighted by Crippen LogP contribution is -2.55. The number of aromatic nitrogens is 2. The molecule has 1 aromatic heterocycles. The van der Waals surface area contributed by atoms with E-state index >= 15 is 0 Å². The minimum atomic E-state index is -0.463. The molecule has 130 valence electrons. The van der Waals surface area contributed by atoms with Gasteiger partial charge in [-0.05, 0) is 44.1 Å². The SMILES string of the molecule is Cc1cc(=O)c(C(=O)NC2CC(NC(=O)C3CCSCC3)C2)n[nH]1. The second-order valence-corrected chi connectivity index (χ2v) is 7.72. The predicted octanol–water partition coefficient (Wildman–Crippen LogP) is 0.599. The number of rotatable bonds is 4. The molecule has 2 heterocycles. The molecule has 0 spiro atoms. The molecule has 0 bridgehead atoms. The van der Waals surface area contributed by atoms with Gasteiger partial charge in [0.25, 0.3) is 5.91 Å². The van der Waals surface area contributed by atoms with Crippen LogP contribution in [-0.2, 0) is 4.79 Å². The summed E-state index contributed by atoms with van der Waals surface area (Å²) < 4.78 is 0. The van der Waals surface area contributed by atoms with Crippen LogP contribution in [0.15, 0.2) is 10.9 Å². The van der Waals surface area contributed by atoms with Crippen molar-refractivity contribution in [1.82, 2.24) is 20.8 Å². The molecule has 0 radical (unpaired) electrons. The lowest BCUT2D eigenvalue weighted by atomic mass is 9.86. The third-order valence-electron chi connectivity index (χ3n) is 4.55. The van der Waals surface area contributed by atoms with E-state index in [0.29, 0.717) is 18.5 Å². The summed E-state index contributed by atoms with van der Waals surface area (Å²) in [5, 5.41) is 12.3. The van der Waals surface area contributed by atoms with Crippen molar-refractivity contribution in [1.29, 1.82) is 0 Å². The number of aryl methyl sites for hydroxylation is 1. The molecular formula is C16H22N4O3S. The number of nitrogens with one attached hydrogen (secondary N) is 3. The van der Waals surface area contributed by atoms with Crippen LogP contribution in [0.25, 0.3) is 0 Å². The van der Waals surface area contributed by atoms with Gasteiger partial charge in [0.05, 0.1) is 0 Å². The molecule has 1 aliphatic heterocycles. The molecule has 0 unspecified atom stereocenters. The molecule has 0 aromatic carbocycles. The van der Waals surface area contributed by atoms with E-state index in [1.165, 1.54) is 6.07 Å². The summed E-state index contributed by atoms with van der Waals surface area (Å²) in [5.41, 5.74) is 0.111. The minimum absolute atomic E-state index is 0.0211. The zero-order valence-electron chi connectivity index (χ0n) is 13.6. The summed E-state index contributed by atoms with van der Waals surface area (Å²) in [7, 11) is 0. The van der Waals surface area contributed by atoms with Gasteiger partial charge in [-0.25, -0.2) is 0 Å². The van der Waals surface area contributed by atoms with Crippen molar-refractivity contribution < 1.29 is 9.59 Å². The van der Waals surface area contributed by atoms with E-state index in [-0.39, 0.29) is 35.0 Å². The second kappa shape index (κ2) is 7.38. The fourth-order valence-corrected chi connectivity index (χ4v) is 4.15. The van der Waals surface area contributed by atoms with Crippen LogP contribution in [0, 0.1) is 12.8 Å². The number of aromatic amines is 1. The molecule has 8 heteroatoms. The molecule has 3 N–H and O–H groups in total. The first-order chi connectivity index (χ1) is 11.5. The lowest BCUT2D eigenvalue weighted by molar-refractivity contribution is -0.126. The number of carbonyl (C=O) groups is 2. The zero-order chi connectivity index (χ0) is 17.1. The maximum atomic E-state index is 12.2. The van der Waals surface area contributed by atoms with Gasteiger partial charge in [0.2, 0.25) is 11.3 Å². The Labute approximate surface area is 144 Å². The maximum absolute atomic E-state index is 12.2. The highest BCUT2D eigenvalue weighted by molar-refractivity contribution is 7.99. The number of carbonyl (C=O) groups excluding carboxylic acids is 2. The fourth-order valence-electron chi connectivity index (χ4n) is 3.05. The van der Waals surface area contributed by atoms with E-state index in [1.54, 1.807) is 6.92 Å². The van der Waals surface area contributed by atoms with Gasteiger partial charge in [-0.2, -0.15) is 16.9 Å². The molecular weight excluding hydrogens is 328 g/mol. The summed E-state index contributed by atoms with van der Waals surface area (Å²) in [5.74, 6) is 1.92. The standard InChI is InChI=1S/C16H22N4O3S/c1-9-6-13(21)14(20-19-9)16(23)18-12-7-11(8-12)17-15(22)10-2-4-24-5-3-10/h6,10-12H,2-5,7-8H2,1H3,(H,17,22)(H,18,23)(H,19,21). The Morgan fingerprint density at radius 2 is 1.88 bits per heavy atom. The van der Waals surface area contributed by atoms with Gasteiger partial charge in [-0.1, -0.05) is 0 Å². The normalized spacial score (nSPS) is 24.0. The summed E-state index contributed by atoms with van der Waals surface area (Å²) in [6, 6.07) is 1.45. The predicted molar refractivity (Wildman–Crippen MR) is 92.1 cm³/mol. The van der Waals surface area contributed by atoms with Crippen molar-refractivity contribution in [3.05, 3.63) is 27.7 Å². The number of hydrogen-bond acceptors (Lipinski definition) is 5. The van der Waals surface area contributed by atoms with Crippen LogP contribution in [0.5, 0.6) is 0 Å². The number of amides is 2. The Kier molecular flexibility index (Phi) is 5.23. The number of nitrogens with zero attached hydrogens (tertiary/aromatic N) is 1. The van der Waals surface area contributed by atoms with E-state index < -0.39 is 5.91 Å². The first kappa shape index (κ1) is 17.0. The highest BCUT2D eigenvalue weighted by Gasteiger charge is 2.33. The Bertz CT molecular complexity index is 678. The zero-order valence-corrected chi connectivity index (χ0v) is 14.4. The molecule has 24 heavy (non-hydrogen) atoms. The lowest BCUT2D eigenvalue weighted by Gasteiger charge is -2.37. The highest BCUT2D eigenvalue weighted by atomic mass is 32.2. The van der Waals surface area contributed by atoms with Gasteiger partial charge in [-0.3, -0.25) is 19.5 Å². The van der Waals surface area contributed by atoms with Crippen molar-refractivity contribution in [3.63, 3.8) is 0 Å². The average molecular weight is 350 g/mol. The molecule has 1 aromatic rings. The van der Waals surface area contributed by atoms with Crippen LogP contribution in [0.3, 0.4) is 0 Å². The molecule has 1 aliphatic carbocycles. The largest absolute Gasteiger partial charge is 0.353 e. The molecule has 3 rings (SSSR count). The Morgan fingerprint density at radius 1 is 1.21 bits per heavy atom. The van der Waals surface area contributed by atoms with Gasteiger partial charge in [0, 0.05) is 29.8 Å². The minimum Gasteiger partial charge on any atom is -0.353 e. The van der Waals surface area contributed by atoms with Gasteiger partial charge in [0.15, 0.2) is 5.69 Å². The van der Waals surface area contributed by atoms with Crippen LogP contribution < -0.4 is 16.1 Å². The highest BCUT2D eigenvalue weighted by Crippen LogP contribution is 2.25. The number of thioether (sulfide) groups is 1. The molecule has 2 aliphatic rings. The second-order valence-electron chi connectivity index (χ2n) is 6.50. The first-order valence-electron chi connectivity index (χ1n) is 8.28. The van der Waals surface area contributed by atoms with Crippen LogP contribution in [0.1, 0.15) is 41.9 Å². The third-order valence-corrected chi connectivity index (χ3v) is 5.60. The summed E-state index contributed by atoms with van der Waals surface area (Å²) in [6.45, 7) is 1.71. The van der Waals surface area contributed by atoms with Crippen molar-refractivity contribution >= 4 is 23.6 Å². The summed E-state index contributed by atoms with van der Waals surface area (Å²) in [4.78, 5) is 36.0. The molecule has 0 atom stereocenters. The summed E-state index contributed by atoms with van der Waals surface area (Å²) in [6.07, 6.45) is 3.29. The molecule has 2 fully saturated rings. The average Bonchev–Trinajstić information content (AvgIpc) is 2.53. The van der Waals surface area contributed by atoms with E-state index in [4.69, 9.17) is 0 Å². The fraction of sp³-hybridized carbons (Fsp3) is 0.625. The molecule has 1 saturated carbocycles. The van der Waals surface area contributed by atoms with E-state index in [9.17, 15) is 14.4 Å². The third kappa shape index (κ3) is 3.98. The van der Waals surface area contributed by atoms with E-state index in [1.807, 2.05) is 11.8 Å². The van der Waals surface area contributed by atoms with Crippen LogP contribution in [0.4, 0.5) is 0 Å². The van der Waals surface area contributed by atoms with Gasteiger partial charge in [0.1, 0.15) is 0 Å². The Hall–Kier alpha value is -1.83. The monoisotopic (exact) mass is 350 g/mol. The van der Waals surface area contributed by atoms with Crippen LogP contribution >= 0.6 is 11.8 Å². The first-order valence-corrected chi connectivity index (χ1v) is 9.43. The molecule has 1 saturated heterocycles. The van der Waals surface area contributed by atoms with Crippen molar-refractivity contribution in [2.24, 2.45) is 5.92 Å². The van der Waals surface area contributed by atoms with Gasteiger partial charge in [-0.15, -0.1) is 0 Å². The van der Waals surface area contributed by atoms with Crippen LogP contribution in [-0.4, -0.2) is 45.6 Å². The van der Waals surface area contributed by atoms with Gasteiger partial charge >= 0.3 is 0 Å². The van der Waals surface area contributed by atoms with E-state index in [2.05, 4.69) is 20.8 Å². The van der Waals surface area contributed by atoms with Crippen molar-refractivity contribution in [3.8, 4) is 0 Å². The molecule has 2 amide bonds. The maximum Gasteiger partial charge on any atom is 0.276 e. The van der Waals surface area contributed by atoms with Gasteiger partial charge < -0.3 is 10.6 Å². The number of hydrogen-bond donors (Lipinski definition) is 3. The summed E-state index contributed by atoms with van der Waals surface area (Å²) >= 11 is 1.90. The molecule has 7 nitrogen and oxygen atoms in total. The van der Waals surface area contributed by atoms with Crippen molar-refractivity contribution in [2.45, 2.75) is 44.7 Å². The van der Waals surface area contributed by atoms with Crippen molar-refractivity contribution in [2.75, 3.05) is 11.5 Å². The number of H-pyrrole nitrogens is 1. The van der Waals surface area contributed by atoms with E-state index in [0.717, 1.165) is 24.3 Å².